The summed E-state index contributed by atoms with van der Waals surface area (Å²) >= 11 is 0. The molecule has 0 fully saturated rings. The summed E-state index contributed by atoms with van der Waals surface area (Å²) in [5.41, 5.74) is 13.7. The van der Waals surface area contributed by atoms with Crippen LogP contribution in [-0.2, 0) is 6.42 Å². The van der Waals surface area contributed by atoms with Gasteiger partial charge in [-0.15, -0.1) is 12.1 Å². The molecule has 0 N–H and O–H groups in total. The van der Waals surface area contributed by atoms with Crippen LogP contribution >= 0.6 is 0 Å². The summed E-state index contributed by atoms with van der Waals surface area (Å²) in [6.45, 7) is 22.9. The zero-order chi connectivity index (χ0) is 39.6. The van der Waals surface area contributed by atoms with Crippen molar-refractivity contribution in [2.24, 2.45) is 11.3 Å². The van der Waals surface area contributed by atoms with Crippen molar-refractivity contribution in [3.63, 3.8) is 0 Å². The summed E-state index contributed by atoms with van der Waals surface area (Å²) in [6, 6.07) is 17.4. The normalized spacial score (nSPS) is 20.7. The predicted octanol–water partition coefficient (Wildman–Crippen LogP) is 14.1. The second-order valence-electron chi connectivity index (χ2n) is 13.7. The number of hydrogen-bond acceptors (Lipinski definition) is 0. The molecule has 57 heavy (non-hydrogen) atoms. The Morgan fingerprint density at radius 1 is 0.737 bits per heavy atom. The van der Waals surface area contributed by atoms with Crippen molar-refractivity contribution in [3.8, 4) is 11.1 Å². The standard InChI is InChI=1S/C26H28.C23H20.3C2H6.CH3.K/c1-21-13-5-2-6-14-22-15-11-12-20-25(22)26(21,23-16-7-3-8-17-23)24-18-9-4-10-19-24;1-3-16(2)17-10-4-7-13-20(17)23-21-14-8-5-11-18(21)19-12-6-9-15-22(19)23;3*1-2;;/h2-9,12-13,16,18,20,23H,1,10-11,14-15,17,19H2;3-8,10-14H,2,9,15H2,1H3;3*1-2H3;1H3;/q;-2;;;;-1;+1/b6-2-,13-5-;;;;;;. The molecule has 8 rings (SSSR count). The molecule has 5 aliphatic rings. The molecule has 0 heterocycles. The molecule has 0 amide bonds. The summed E-state index contributed by atoms with van der Waals surface area (Å²) in [5, 5.41) is 2.73. The van der Waals surface area contributed by atoms with Crippen molar-refractivity contribution in [2.75, 3.05) is 0 Å². The molecular weight excluding hydrogens is 712 g/mol. The minimum Gasteiger partial charge on any atom is -0.358 e. The molecule has 0 aromatic heterocycles. The number of allylic oxidation sites excluding steroid dienone is 19. The van der Waals surface area contributed by atoms with Crippen LogP contribution in [0.3, 0.4) is 0 Å². The monoisotopic (exact) mass is 781 g/mol. The van der Waals surface area contributed by atoms with Crippen LogP contribution in [0.15, 0.2) is 169 Å². The van der Waals surface area contributed by atoms with Crippen molar-refractivity contribution in [3.05, 3.63) is 200 Å². The van der Waals surface area contributed by atoms with E-state index in [0.717, 1.165) is 50.5 Å². The van der Waals surface area contributed by atoms with Crippen LogP contribution < -0.4 is 51.4 Å². The third-order valence-electron chi connectivity index (χ3n) is 11.0. The van der Waals surface area contributed by atoms with Gasteiger partial charge in [0, 0.05) is 5.41 Å². The molecule has 0 radical (unpaired) electrons. The summed E-state index contributed by atoms with van der Waals surface area (Å²) in [5.74, 6) is 0.424. The van der Waals surface area contributed by atoms with Gasteiger partial charge in [-0.1, -0.05) is 232 Å². The molecule has 0 bridgehead atoms. The Labute approximate surface area is 391 Å². The minimum atomic E-state index is -0.124. The van der Waals surface area contributed by atoms with Gasteiger partial charge < -0.3 is 7.43 Å². The van der Waals surface area contributed by atoms with Crippen molar-refractivity contribution in [1.82, 2.24) is 0 Å². The van der Waals surface area contributed by atoms with Gasteiger partial charge >= 0.3 is 51.4 Å². The molecule has 0 nitrogen and oxygen atoms in total. The quantitative estimate of drug-likeness (QED) is 0.179. The van der Waals surface area contributed by atoms with E-state index in [1.54, 1.807) is 5.57 Å². The summed E-state index contributed by atoms with van der Waals surface area (Å²) in [7, 11) is 0. The third-order valence-corrected chi connectivity index (χ3v) is 11.0. The Bertz CT molecular complexity index is 2040. The molecule has 1 heteroatoms. The fourth-order valence-electron chi connectivity index (χ4n) is 8.71. The van der Waals surface area contributed by atoms with E-state index in [1.165, 1.54) is 61.7 Å². The van der Waals surface area contributed by atoms with Crippen LogP contribution in [0.5, 0.6) is 0 Å². The Kier molecular flexibility index (Phi) is 22.7. The predicted molar refractivity (Wildman–Crippen MR) is 255 cm³/mol. The van der Waals surface area contributed by atoms with E-state index in [0.29, 0.717) is 5.92 Å². The molecule has 3 aromatic carbocycles. The van der Waals surface area contributed by atoms with Crippen LogP contribution in [0.4, 0.5) is 0 Å². The summed E-state index contributed by atoms with van der Waals surface area (Å²) < 4.78 is 0. The Morgan fingerprint density at radius 3 is 2.14 bits per heavy atom. The number of benzene rings is 2. The molecular formula is C56H69K-2. The van der Waals surface area contributed by atoms with E-state index in [2.05, 4.69) is 166 Å². The largest absolute Gasteiger partial charge is 1.00 e. The van der Waals surface area contributed by atoms with Crippen molar-refractivity contribution < 1.29 is 51.4 Å². The molecule has 2 unspecified atom stereocenters. The fourth-order valence-corrected chi connectivity index (χ4v) is 8.71. The fraction of sp³-hybridized carbons (Fsp3) is 0.304. The second kappa shape index (κ2) is 25.9. The maximum atomic E-state index is 4.64. The Hall–Kier alpha value is -3.30. The van der Waals surface area contributed by atoms with Gasteiger partial charge in [0.15, 0.2) is 0 Å². The second-order valence-corrected chi connectivity index (χ2v) is 13.7. The first kappa shape index (κ1) is 49.8. The molecule has 0 aliphatic heterocycles. The Morgan fingerprint density at radius 2 is 1.42 bits per heavy atom. The van der Waals surface area contributed by atoms with E-state index in [-0.39, 0.29) is 64.2 Å². The van der Waals surface area contributed by atoms with E-state index in [4.69, 9.17) is 0 Å². The van der Waals surface area contributed by atoms with Crippen molar-refractivity contribution in [1.29, 1.82) is 0 Å². The third kappa shape index (κ3) is 11.1. The van der Waals surface area contributed by atoms with Gasteiger partial charge in [-0.05, 0) is 68.4 Å². The van der Waals surface area contributed by atoms with Gasteiger partial charge in [-0.25, -0.2) is 0 Å². The molecule has 5 aliphatic carbocycles. The van der Waals surface area contributed by atoms with Gasteiger partial charge in [-0.2, -0.15) is 18.6 Å². The van der Waals surface area contributed by atoms with Gasteiger partial charge in [0.2, 0.25) is 0 Å². The SMILES string of the molecule is C=C([CH-]C)c1ccccc1-[c-]1c2c(c3ccccc31)C=CCC2.C=C1/C=C\C=C/CC2=C(C=CCC2)C1(C1=CC=CCC1)C1C=CC=CC1.CC.CC.CC.[CH3-].[K+]. The molecule has 3 aromatic rings. The van der Waals surface area contributed by atoms with Crippen LogP contribution in [0.1, 0.15) is 110 Å². The minimum absolute atomic E-state index is 0. The molecule has 296 valence electrons. The van der Waals surface area contributed by atoms with Crippen molar-refractivity contribution >= 4 is 22.4 Å². The van der Waals surface area contributed by atoms with Crippen LogP contribution in [0.2, 0.25) is 0 Å². The van der Waals surface area contributed by atoms with E-state index in [1.807, 2.05) is 41.5 Å². The topological polar surface area (TPSA) is 0 Å². The molecule has 2 atom stereocenters. The van der Waals surface area contributed by atoms with Gasteiger partial charge in [0.1, 0.15) is 0 Å². The first-order valence-electron chi connectivity index (χ1n) is 21.2. The van der Waals surface area contributed by atoms with E-state index >= 15 is 0 Å². The van der Waals surface area contributed by atoms with Crippen LogP contribution in [0, 0.1) is 25.2 Å². The summed E-state index contributed by atoms with van der Waals surface area (Å²) in [6.07, 6.45) is 45.4. The number of fused-ring (bicyclic) bond motifs is 3. The molecule has 0 saturated carbocycles. The van der Waals surface area contributed by atoms with Gasteiger partial charge in [0.05, 0.1) is 0 Å². The van der Waals surface area contributed by atoms with Gasteiger partial charge in [-0.3, -0.25) is 0 Å². The smallest absolute Gasteiger partial charge is 0.358 e. The maximum absolute atomic E-state index is 4.64. The first-order valence-corrected chi connectivity index (χ1v) is 21.2. The number of rotatable bonds is 5. The van der Waals surface area contributed by atoms with Crippen LogP contribution in [0.25, 0.3) is 33.5 Å². The first-order chi connectivity index (χ1) is 27.1. The van der Waals surface area contributed by atoms with Crippen molar-refractivity contribution in [2.45, 2.75) is 99.8 Å². The average molecular weight is 781 g/mol. The number of hydrogen-bond donors (Lipinski definition) is 0. The molecule has 0 saturated heterocycles. The van der Waals surface area contributed by atoms with E-state index < -0.39 is 0 Å². The zero-order valence-corrected chi connectivity index (χ0v) is 40.1. The average Bonchev–Trinajstić information content (AvgIpc) is 3.64. The zero-order valence-electron chi connectivity index (χ0n) is 37.0. The maximum Gasteiger partial charge on any atom is 1.00 e. The summed E-state index contributed by atoms with van der Waals surface area (Å²) in [4.78, 5) is 0. The Balaban J connectivity index is 0.000000339. The van der Waals surface area contributed by atoms with E-state index in [9.17, 15) is 0 Å². The van der Waals surface area contributed by atoms with Gasteiger partial charge in [0.25, 0.3) is 0 Å². The molecule has 0 spiro atoms. The van der Waals surface area contributed by atoms with Crippen LogP contribution in [-0.4, -0.2) is 0 Å².